The Morgan fingerprint density at radius 2 is 1.51 bits per heavy atom. The molecule has 3 aromatic rings. The maximum atomic E-state index is 13.4. The standard InChI is InChI=1S/C37H43ClF2N4O3/c38-33-23-31(6-7-32(33)35(45)44-21-14-29(25-44)28-8-15-41-16-9-28)42-17-10-26(11-18-42)22-27-12-19-43(20-13-27)36(46)37(47,24-34(39)40)30-4-2-1-3-5-30/h1-9,15-16,23,26-27,29,34,47H,10-14,17-22,24-25H2. The number of carbonyl (C=O) groups is 2. The first kappa shape index (κ1) is 33.3. The van der Waals surface area contributed by atoms with Gasteiger partial charge >= 0.3 is 0 Å². The monoisotopic (exact) mass is 664 g/mol. The van der Waals surface area contributed by atoms with E-state index in [2.05, 4.69) is 9.88 Å². The van der Waals surface area contributed by atoms with E-state index < -0.39 is 24.4 Å². The molecule has 10 heteroatoms. The number of anilines is 1. The minimum Gasteiger partial charge on any atom is -0.375 e. The molecule has 0 aliphatic carbocycles. The molecule has 0 saturated carbocycles. The van der Waals surface area contributed by atoms with E-state index >= 15 is 0 Å². The van der Waals surface area contributed by atoms with Crippen molar-refractivity contribution in [3.05, 3.63) is 94.8 Å². The Hall–Kier alpha value is -3.56. The summed E-state index contributed by atoms with van der Waals surface area (Å²) in [6, 6.07) is 17.9. The number of piperidine rings is 2. The Morgan fingerprint density at radius 1 is 0.872 bits per heavy atom. The first-order valence-corrected chi connectivity index (χ1v) is 17.2. The van der Waals surface area contributed by atoms with Gasteiger partial charge in [-0.1, -0.05) is 41.9 Å². The number of hydrogen-bond acceptors (Lipinski definition) is 5. The number of aliphatic hydroxyl groups is 1. The van der Waals surface area contributed by atoms with Gasteiger partial charge in [0.05, 0.1) is 17.0 Å². The summed E-state index contributed by atoms with van der Waals surface area (Å²) in [5, 5.41) is 11.7. The van der Waals surface area contributed by atoms with Crippen LogP contribution in [0, 0.1) is 11.8 Å². The van der Waals surface area contributed by atoms with Gasteiger partial charge in [0.1, 0.15) is 0 Å². The number of nitrogens with zero attached hydrogens (tertiary/aromatic N) is 4. The minimum atomic E-state index is -2.80. The van der Waals surface area contributed by atoms with E-state index in [1.807, 2.05) is 35.2 Å². The molecule has 250 valence electrons. The molecule has 6 rings (SSSR count). The number of amides is 2. The van der Waals surface area contributed by atoms with Crippen LogP contribution in [0.5, 0.6) is 0 Å². The van der Waals surface area contributed by atoms with Crippen LogP contribution >= 0.6 is 11.6 Å². The third kappa shape index (κ3) is 7.62. The zero-order valence-electron chi connectivity index (χ0n) is 26.6. The Bertz CT molecular complexity index is 1510. The summed E-state index contributed by atoms with van der Waals surface area (Å²) >= 11 is 6.69. The van der Waals surface area contributed by atoms with Crippen LogP contribution in [0.1, 0.15) is 72.3 Å². The number of carbonyl (C=O) groups excluding carboxylic acids is 2. The minimum absolute atomic E-state index is 0.0247. The predicted octanol–water partition coefficient (Wildman–Crippen LogP) is 6.75. The lowest BCUT2D eigenvalue weighted by Gasteiger charge is -2.40. The zero-order chi connectivity index (χ0) is 33.0. The van der Waals surface area contributed by atoms with Crippen molar-refractivity contribution in [3.8, 4) is 0 Å². The first-order chi connectivity index (χ1) is 22.7. The van der Waals surface area contributed by atoms with Crippen molar-refractivity contribution in [2.45, 2.75) is 62.9 Å². The second kappa shape index (κ2) is 14.7. The summed E-state index contributed by atoms with van der Waals surface area (Å²) in [6.45, 7) is 4.13. The third-order valence-corrected chi connectivity index (χ3v) is 10.8. The Balaban J connectivity index is 0.973. The van der Waals surface area contributed by atoms with Crippen LogP contribution in [0.3, 0.4) is 0 Å². The molecule has 0 radical (unpaired) electrons. The molecule has 4 heterocycles. The average molecular weight is 665 g/mol. The maximum Gasteiger partial charge on any atom is 0.259 e. The van der Waals surface area contributed by atoms with Crippen LogP contribution in [0.25, 0.3) is 0 Å². The molecule has 1 N–H and O–H groups in total. The summed E-state index contributed by atoms with van der Waals surface area (Å²) in [4.78, 5) is 36.6. The number of likely N-dealkylation sites (tertiary alicyclic amines) is 2. The van der Waals surface area contributed by atoms with Crippen molar-refractivity contribution in [3.63, 3.8) is 0 Å². The molecule has 0 bridgehead atoms. The summed E-state index contributed by atoms with van der Waals surface area (Å²) in [5.41, 5.74) is 0.772. The number of hydrogen-bond donors (Lipinski definition) is 1. The summed E-state index contributed by atoms with van der Waals surface area (Å²) in [6.07, 6.45) is 5.57. The van der Waals surface area contributed by atoms with Gasteiger partial charge in [-0.05, 0) is 91.8 Å². The Kier molecular flexibility index (Phi) is 10.4. The largest absolute Gasteiger partial charge is 0.375 e. The van der Waals surface area contributed by atoms with E-state index in [1.165, 1.54) is 17.7 Å². The van der Waals surface area contributed by atoms with Gasteiger partial charge in [-0.2, -0.15) is 0 Å². The van der Waals surface area contributed by atoms with E-state index in [0.29, 0.717) is 54.5 Å². The van der Waals surface area contributed by atoms with Crippen LogP contribution in [0.4, 0.5) is 14.5 Å². The van der Waals surface area contributed by atoms with Crippen LogP contribution in [-0.4, -0.2) is 77.4 Å². The second-order valence-corrected chi connectivity index (χ2v) is 13.8. The average Bonchev–Trinajstić information content (AvgIpc) is 3.59. The smallest absolute Gasteiger partial charge is 0.259 e. The number of pyridine rings is 1. The van der Waals surface area contributed by atoms with Crippen molar-refractivity contribution in [1.82, 2.24) is 14.8 Å². The van der Waals surface area contributed by atoms with E-state index in [9.17, 15) is 23.5 Å². The molecule has 2 atom stereocenters. The number of alkyl halides is 2. The Labute approximate surface area is 280 Å². The predicted molar refractivity (Wildman–Crippen MR) is 179 cm³/mol. The van der Waals surface area contributed by atoms with Crippen LogP contribution in [-0.2, 0) is 10.4 Å². The molecule has 3 fully saturated rings. The fourth-order valence-corrected chi connectivity index (χ4v) is 7.95. The number of aromatic nitrogens is 1. The highest BCUT2D eigenvalue weighted by molar-refractivity contribution is 6.34. The quantitative estimate of drug-likeness (QED) is 0.274. The molecular formula is C37H43ClF2N4O3. The van der Waals surface area contributed by atoms with Gasteiger partial charge in [-0.3, -0.25) is 14.6 Å². The molecule has 47 heavy (non-hydrogen) atoms. The van der Waals surface area contributed by atoms with Gasteiger partial charge in [-0.25, -0.2) is 8.78 Å². The molecule has 2 aromatic carbocycles. The van der Waals surface area contributed by atoms with Crippen molar-refractivity contribution >= 4 is 29.1 Å². The lowest BCUT2D eigenvalue weighted by molar-refractivity contribution is -0.158. The molecular weight excluding hydrogens is 622 g/mol. The molecule has 3 saturated heterocycles. The maximum absolute atomic E-state index is 13.4. The van der Waals surface area contributed by atoms with Gasteiger partial charge in [0.2, 0.25) is 6.43 Å². The first-order valence-electron chi connectivity index (χ1n) is 16.8. The molecule has 3 aliphatic rings. The SMILES string of the molecule is O=C(c1ccc(N2CCC(CC3CCN(C(=O)C(O)(CC(F)F)c4ccccc4)CC3)CC2)cc1Cl)N1CCC(c2ccncc2)C1. The zero-order valence-corrected chi connectivity index (χ0v) is 27.4. The summed E-state index contributed by atoms with van der Waals surface area (Å²) < 4.78 is 26.9. The van der Waals surface area contributed by atoms with Gasteiger partial charge < -0.3 is 19.8 Å². The Morgan fingerprint density at radius 3 is 2.15 bits per heavy atom. The lowest BCUT2D eigenvalue weighted by atomic mass is 9.82. The van der Waals surface area contributed by atoms with E-state index in [4.69, 9.17) is 11.6 Å². The highest BCUT2D eigenvalue weighted by Gasteiger charge is 2.44. The van der Waals surface area contributed by atoms with Gasteiger partial charge in [-0.15, -0.1) is 0 Å². The fraction of sp³-hybridized carbons (Fsp3) is 0.486. The normalized spacial score (nSPS) is 20.9. The number of rotatable bonds is 9. The van der Waals surface area contributed by atoms with Crippen LogP contribution in [0.15, 0.2) is 73.1 Å². The van der Waals surface area contributed by atoms with E-state index in [-0.39, 0.29) is 11.5 Å². The third-order valence-electron chi connectivity index (χ3n) is 10.4. The highest BCUT2D eigenvalue weighted by atomic mass is 35.5. The molecule has 0 spiro atoms. The van der Waals surface area contributed by atoms with Gasteiger partial charge in [0, 0.05) is 63.3 Å². The van der Waals surface area contributed by atoms with Crippen molar-refractivity contribution in [2.24, 2.45) is 11.8 Å². The number of halogens is 3. The molecule has 2 amide bonds. The molecule has 1 aromatic heterocycles. The summed E-state index contributed by atoms with van der Waals surface area (Å²) in [5.74, 6) is 0.686. The highest BCUT2D eigenvalue weighted by Crippen LogP contribution is 2.36. The molecule has 3 aliphatic heterocycles. The molecule has 7 nitrogen and oxygen atoms in total. The van der Waals surface area contributed by atoms with Crippen molar-refractivity contribution < 1.29 is 23.5 Å². The van der Waals surface area contributed by atoms with Gasteiger partial charge in [0.15, 0.2) is 5.60 Å². The number of benzene rings is 2. The van der Waals surface area contributed by atoms with Gasteiger partial charge in [0.25, 0.3) is 11.8 Å². The van der Waals surface area contributed by atoms with E-state index in [0.717, 1.165) is 57.3 Å². The molecule has 2 unspecified atom stereocenters. The van der Waals surface area contributed by atoms with Crippen molar-refractivity contribution in [2.75, 3.05) is 44.2 Å². The van der Waals surface area contributed by atoms with Crippen molar-refractivity contribution in [1.29, 1.82) is 0 Å². The van der Waals surface area contributed by atoms with Crippen LogP contribution < -0.4 is 4.90 Å². The van der Waals surface area contributed by atoms with E-state index in [1.54, 1.807) is 35.5 Å². The lowest BCUT2D eigenvalue weighted by Crippen LogP contribution is -2.50. The summed E-state index contributed by atoms with van der Waals surface area (Å²) in [7, 11) is 0. The fourth-order valence-electron chi connectivity index (χ4n) is 7.69. The second-order valence-electron chi connectivity index (χ2n) is 13.4. The van der Waals surface area contributed by atoms with Crippen LogP contribution in [0.2, 0.25) is 5.02 Å². The topological polar surface area (TPSA) is 77.0 Å².